The molecule has 0 atom stereocenters. The molecule has 0 bridgehead atoms. The average molecular weight is 479 g/mol. The van der Waals surface area contributed by atoms with E-state index in [1.807, 2.05) is 24.5 Å². The quantitative estimate of drug-likeness (QED) is 0.233. The van der Waals surface area contributed by atoms with Crippen LogP contribution in [0, 0.1) is 34.1 Å². The molecule has 1 aliphatic rings. The number of rotatable bonds is 6. The molecule has 2 heterocycles. The van der Waals surface area contributed by atoms with Crippen LogP contribution in [0.4, 0.5) is 11.4 Å². The Morgan fingerprint density at radius 2 is 1.71 bits per heavy atom. The van der Waals surface area contributed by atoms with Crippen molar-refractivity contribution in [2.24, 2.45) is 0 Å². The molecule has 2 aromatic carbocycles. The van der Waals surface area contributed by atoms with E-state index in [1.54, 1.807) is 30.3 Å². The van der Waals surface area contributed by atoms with Gasteiger partial charge in [-0.25, -0.2) is 0 Å². The summed E-state index contributed by atoms with van der Waals surface area (Å²) >= 11 is 4.96. The Labute approximate surface area is 197 Å². The van der Waals surface area contributed by atoms with Crippen LogP contribution in [-0.2, 0) is 4.79 Å². The number of nitro benzene ring substituents is 2. The van der Waals surface area contributed by atoms with Crippen molar-refractivity contribution < 1.29 is 19.4 Å². The summed E-state index contributed by atoms with van der Waals surface area (Å²) in [6.45, 7) is 3.83. The van der Waals surface area contributed by atoms with E-state index in [1.165, 1.54) is 6.07 Å². The second-order valence-electron chi connectivity index (χ2n) is 7.39. The summed E-state index contributed by atoms with van der Waals surface area (Å²) in [6, 6.07) is 12.0. The molecular weight excluding hydrogens is 462 g/mol. The lowest BCUT2D eigenvalue weighted by molar-refractivity contribution is -0.394. The van der Waals surface area contributed by atoms with Gasteiger partial charge in [-0.15, -0.1) is 0 Å². The van der Waals surface area contributed by atoms with Crippen LogP contribution in [0.2, 0.25) is 0 Å². The van der Waals surface area contributed by atoms with Crippen LogP contribution in [-0.4, -0.2) is 25.4 Å². The molecule has 172 valence electrons. The van der Waals surface area contributed by atoms with Crippen LogP contribution in [0.3, 0.4) is 0 Å². The lowest BCUT2D eigenvalue weighted by Crippen LogP contribution is -2.21. The fourth-order valence-electron chi connectivity index (χ4n) is 3.61. The Balaban J connectivity index is 1.61. The number of nitro groups is 2. The molecule has 1 aliphatic heterocycles. The topological polar surface area (TPSA) is 142 Å². The molecule has 2 N–H and O–H groups in total. The molecule has 0 radical (unpaired) electrons. The van der Waals surface area contributed by atoms with E-state index in [4.69, 9.17) is 17.0 Å². The SMILES string of the molecule is Cc1cc(/C=C2\NC(=S)NC2=O)c(C)n1-c1ccc(Oc2ccc([N+](=O)[O-])cc2[N+](=O)[O-])cc1. The summed E-state index contributed by atoms with van der Waals surface area (Å²) in [5.41, 5.74) is 2.91. The summed E-state index contributed by atoms with van der Waals surface area (Å²) < 4.78 is 7.61. The van der Waals surface area contributed by atoms with Gasteiger partial charge in [0.25, 0.3) is 11.6 Å². The van der Waals surface area contributed by atoms with Crippen molar-refractivity contribution in [2.75, 3.05) is 0 Å². The molecule has 11 nitrogen and oxygen atoms in total. The van der Waals surface area contributed by atoms with Crippen LogP contribution in [0.5, 0.6) is 11.5 Å². The fourth-order valence-corrected chi connectivity index (χ4v) is 3.81. The van der Waals surface area contributed by atoms with Gasteiger partial charge < -0.3 is 14.6 Å². The predicted molar refractivity (Wildman–Crippen MR) is 127 cm³/mol. The van der Waals surface area contributed by atoms with Gasteiger partial charge in [-0.3, -0.25) is 30.3 Å². The number of amides is 1. The smallest absolute Gasteiger partial charge is 0.318 e. The van der Waals surface area contributed by atoms with Crippen molar-refractivity contribution in [3.63, 3.8) is 0 Å². The number of ether oxygens (including phenoxy) is 1. The minimum Gasteiger partial charge on any atom is -0.450 e. The maximum atomic E-state index is 11.9. The van der Waals surface area contributed by atoms with Gasteiger partial charge in [-0.1, -0.05) is 0 Å². The number of hydrogen-bond donors (Lipinski definition) is 2. The number of aromatic nitrogens is 1. The average Bonchev–Trinajstić information content (AvgIpc) is 3.25. The molecule has 0 unspecified atom stereocenters. The summed E-state index contributed by atoms with van der Waals surface area (Å²) in [5.74, 6) is -0.0756. The highest BCUT2D eigenvalue weighted by Crippen LogP contribution is 2.35. The zero-order valence-corrected chi connectivity index (χ0v) is 18.7. The van der Waals surface area contributed by atoms with Crippen molar-refractivity contribution in [1.29, 1.82) is 0 Å². The predicted octanol–water partition coefficient (Wildman–Crippen LogP) is 4.05. The molecule has 4 rings (SSSR count). The zero-order valence-electron chi connectivity index (χ0n) is 17.9. The van der Waals surface area contributed by atoms with Crippen molar-refractivity contribution in [3.8, 4) is 17.2 Å². The first-order chi connectivity index (χ1) is 16.1. The Hall–Kier alpha value is -4.58. The van der Waals surface area contributed by atoms with Crippen LogP contribution in [0.25, 0.3) is 11.8 Å². The summed E-state index contributed by atoms with van der Waals surface area (Å²) in [5, 5.41) is 27.8. The number of benzene rings is 2. The van der Waals surface area contributed by atoms with Crippen molar-refractivity contribution in [3.05, 3.63) is 91.4 Å². The normalized spacial score (nSPS) is 14.1. The number of nitrogens with one attached hydrogen (secondary N) is 2. The Kier molecular flexibility index (Phi) is 5.82. The summed E-state index contributed by atoms with van der Waals surface area (Å²) in [7, 11) is 0. The molecule has 1 saturated heterocycles. The van der Waals surface area contributed by atoms with Crippen LogP contribution >= 0.6 is 12.2 Å². The highest BCUT2D eigenvalue weighted by atomic mass is 32.1. The minimum atomic E-state index is -0.731. The minimum absolute atomic E-state index is 0.106. The van der Waals surface area contributed by atoms with Crippen LogP contribution in [0.1, 0.15) is 17.0 Å². The first-order valence-corrected chi connectivity index (χ1v) is 10.3. The standard InChI is InChI=1S/C22H17N5O6S/c1-12-9-14(10-18-21(28)24-22(34)23-18)13(2)25(12)15-3-6-17(7-4-15)33-20-8-5-16(26(29)30)11-19(20)27(31)32/h3-11H,1-2H3,(H2,23,24,28,34)/b18-10-. The molecule has 1 aromatic heterocycles. The number of nitrogens with zero attached hydrogens (tertiary/aromatic N) is 3. The largest absolute Gasteiger partial charge is 0.450 e. The number of hydrogen-bond acceptors (Lipinski definition) is 7. The van der Waals surface area contributed by atoms with Gasteiger partial charge in [-0.2, -0.15) is 0 Å². The number of carbonyl (C=O) groups excluding carboxylic acids is 1. The Bertz CT molecular complexity index is 1390. The molecule has 1 fully saturated rings. The lowest BCUT2D eigenvalue weighted by atomic mass is 10.2. The first kappa shape index (κ1) is 22.6. The van der Waals surface area contributed by atoms with Crippen molar-refractivity contribution in [1.82, 2.24) is 15.2 Å². The van der Waals surface area contributed by atoms with Gasteiger partial charge in [0.2, 0.25) is 5.75 Å². The Morgan fingerprint density at radius 3 is 2.29 bits per heavy atom. The summed E-state index contributed by atoms with van der Waals surface area (Å²) in [6.07, 6.45) is 1.72. The van der Waals surface area contributed by atoms with E-state index < -0.39 is 21.2 Å². The van der Waals surface area contributed by atoms with Gasteiger partial charge in [0.15, 0.2) is 5.11 Å². The van der Waals surface area contributed by atoms with Crippen LogP contribution in [0.15, 0.2) is 54.2 Å². The molecule has 3 aromatic rings. The van der Waals surface area contributed by atoms with Gasteiger partial charge >= 0.3 is 5.69 Å². The fraction of sp³-hybridized carbons (Fsp3) is 0.0909. The number of non-ortho nitro benzene ring substituents is 1. The van der Waals surface area contributed by atoms with Crippen molar-refractivity contribution >= 4 is 40.7 Å². The number of carbonyl (C=O) groups is 1. The van der Waals surface area contributed by atoms with E-state index in [9.17, 15) is 25.0 Å². The Morgan fingerprint density at radius 1 is 1.00 bits per heavy atom. The van der Waals surface area contributed by atoms with E-state index >= 15 is 0 Å². The van der Waals surface area contributed by atoms with Crippen LogP contribution < -0.4 is 15.4 Å². The molecule has 12 heteroatoms. The highest BCUT2D eigenvalue weighted by Gasteiger charge is 2.22. The first-order valence-electron chi connectivity index (χ1n) is 9.88. The van der Waals surface area contributed by atoms with Gasteiger partial charge in [0.05, 0.1) is 15.9 Å². The van der Waals surface area contributed by atoms with E-state index in [2.05, 4.69) is 10.6 Å². The van der Waals surface area contributed by atoms with Gasteiger partial charge in [0.1, 0.15) is 11.4 Å². The summed E-state index contributed by atoms with van der Waals surface area (Å²) in [4.78, 5) is 32.7. The maximum Gasteiger partial charge on any atom is 0.318 e. The second-order valence-corrected chi connectivity index (χ2v) is 7.80. The molecule has 0 aliphatic carbocycles. The van der Waals surface area contributed by atoms with E-state index in [-0.39, 0.29) is 16.8 Å². The third kappa shape index (κ3) is 4.34. The number of thiocarbonyl (C=S) groups is 1. The van der Waals surface area contributed by atoms with E-state index in [0.29, 0.717) is 11.4 Å². The molecular formula is C22H17N5O6S. The second kappa shape index (κ2) is 8.75. The third-order valence-corrected chi connectivity index (χ3v) is 5.37. The van der Waals surface area contributed by atoms with Crippen molar-refractivity contribution in [2.45, 2.75) is 13.8 Å². The molecule has 34 heavy (non-hydrogen) atoms. The number of aryl methyl sites for hydroxylation is 1. The monoisotopic (exact) mass is 479 g/mol. The van der Waals surface area contributed by atoms with Gasteiger partial charge in [0, 0.05) is 23.1 Å². The molecule has 0 saturated carbocycles. The maximum absolute atomic E-state index is 11.9. The molecule has 0 spiro atoms. The van der Waals surface area contributed by atoms with Gasteiger partial charge in [-0.05, 0) is 74.1 Å². The molecule has 1 amide bonds. The van der Waals surface area contributed by atoms with E-state index in [0.717, 1.165) is 34.8 Å². The lowest BCUT2D eigenvalue weighted by Gasteiger charge is -2.11. The highest BCUT2D eigenvalue weighted by molar-refractivity contribution is 7.80. The third-order valence-electron chi connectivity index (χ3n) is 5.16. The zero-order chi connectivity index (χ0) is 24.6.